The first-order chi connectivity index (χ1) is 29.8. The van der Waals surface area contributed by atoms with Crippen molar-refractivity contribution in [3.05, 3.63) is 82.5 Å². The molecule has 324 valence electrons. The summed E-state index contributed by atoms with van der Waals surface area (Å²) in [5.74, 6) is -1.27. The van der Waals surface area contributed by atoms with Crippen LogP contribution in [-0.2, 0) is 15.8 Å². The van der Waals surface area contributed by atoms with Gasteiger partial charge in [0, 0.05) is 95.4 Å². The number of carbonyl (C=O) groups excluding carboxylic acids is 5. The number of likely N-dealkylation sites (tertiary alicyclic amines) is 1. The molecule has 5 amide bonds. The lowest BCUT2D eigenvalue weighted by Gasteiger charge is -2.40. The second-order valence-corrected chi connectivity index (χ2v) is 17.6. The molecule has 14 nitrogen and oxygen atoms in total. The van der Waals surface area contributed by atoms with E-state index in [4.69, 9.17) is 5.26 Å². The van der Waals surface area contributed by atoms with Gasteiger partial charge in [-0.3, -0.25) is 39.1 Å². The van der Waals surface area contributed by atoms with E-state index in [-0.39, 0.29) is 35.5 Å². The molecule has 6 aliphatic heterocycles. The molecule has 1 N–H and O–H groups in total. The van der Waals surface area contributed by atoms with Gasteiger partial charge in [-0.25, -0.2) is 4.98 Å². The topological polar surface area (TPSA) is 154 Å². The maximum Gasteiger partial charge on any atom is 0.434 e. The van der Waals surface area contributed by atoms with Crippen LogP contribution in [0.5, 0.6) is 0 Å². The maximum atomic E-state index is 13.6. The van der Waals surface area contributed by atoms with Gasteiger partial charge in [0.2, 0.25) is 11.8 Å². The van der Waals surface area contributed by atoms with Crippen LogP contribution in [0.3, 0.4) is 0 Å². The van der Waals surface area contributed by atoms with Crippen LogP contribution < -0.4 is 20.0 Å². The van der Waals surface area contributed by atoms with E-state index < -0.39 is 47.1 Å². The number of aromatic nitrogens is 1. The van der Waals surface area contributed by atoms with Crippen molar-refractivity contribution in [2.45, 2.75) is 57.2 Å². The molecule has 1 spiro atoms. The summed E-state index contributed by atoms with van der Waals surface area (Å²) in [5.41, 5.74) is 1.46. The molecule has 1 atom stereocenters. The average Bonchev–Trinajstić information content (AvgIpc) is 3.80. The number of hydrogen-bond acceptors (Lipinski definition) is 11. The third-order valence-electron chi connectivity index (χ3n) is 13.9. The molecule has 0 radical (unpaired) electrons. The zero-order valence-corrected chi connectivity index (χ0v) is 34.3. The second kappa shape index (κ2) is 16.4. The van der Waals surface area contributed by atoms with Crippen LogP contribution in [0.4, 0.5) is 30.4 Å². The van der Waals surface area contributed by atoms with Crippen LogP contribution in [0, 0.1) is 22.7 Å². The highest BCUT2D eigenvalue weighted by atomic mass is 19.4. The lowest BCUT2D eigenvalue weighted by Crippen LogP contribution is -2.54. The number of nitrogens with zero attached hydrogens (tertiary/aromatic N) is 8. The molecular weight excluding hydrogens is 804 g/mol. The van der Waals surface area contributed by atoms with Gasteiger partial charge in [0.15, 0.2) is 5.69 Å². The number of rotatable bonds is 7. The highest BCUT2D eigenvalue weighted by Crippen LogP contribution is 2.42. The normalized spacial score (nSPS) is 22.4. The highest BCUT2D eigenvalue weighted by Gasteiger charge is 2.46. The molecule has 0 saturated carbocycles. The first-order valence-corrected chi connectivity index (χ1v) is 21.5. The van der Waals surface area contributed by atoms with Crippen molar-refractivity contribution in [3.8, 4) is 6.07 Å². The Bertz CT molecular complexity index is 2330. The highest BCUT2D eigenvalue weighted by molar-refractivity contribution is 6.23. The fourth-order valence-electron chi connectivity index (χ4n) is 10.2. The Morgan fingerprint density at radius 3 is 2.11 bits per heavy atom. The number of nitriles is 1. The number of piperidine rings is 3. The van der Waals surface area contributed by atoms with Gasteiger partial charge in [-0.1, -0.05) is 0 Å². The fraction of sp³-hybridized carbons (Fsp3) is 0.489. The Morgan fingerprint density at radius 2 is 1.44 bits per heavy atom. The van der Waals surface area contributed by atoms with Crippen LogP contribution in [0.2, 0.25) is 0 Å². The molecule has 1 aromatic heterocycles. The van der Waals surface area contributed by atoms with Gasteiger partial charge in [-0.2, -0.15) is 18.4 Å². The molecule has 17 heteroatoms. The van der Waals surface area contributed by atoms with E-state index in [1.807, 2.05) is 40.1 Å². The van der Waals surface area contributed by atoms with Crippen molar-refractivity contribution < 1.29 is 37.1 Å². The minimum atomic E-state index is -4.71. The number of fused-ring (bicyclic) bond motifs is 1. The predicted octanol–water partition coefficient (Wildman–Crippen LogP) is 4.54. The van der Waals surface area contributed by atoms with Crippen molar-refractivity contribution in [2.24, 2.45) is 11.3 Å². The van der Waals surface area contributed by atoms with E-state index >= 15 is 0 Å². The molecular formula is C45H48F3N9O5. The van der Waals surface area contributed by atoms with Crippen LogP contribution in [0.15, 0.2) is 54.6 Å². The summed E-state index contributed by atoms with van der Waals surface area (Å²) in [7, 11) is 0. The van der Waals surface area contributed by atoms with Crippen LogP contribution in [-0.4, -0.2) is 127 Å². The third kappa shape index (κ3) is 7.96. The van der Waals surface area contributed by atoms with E-state index in [2.05, 4.69) is 25.0 Å². The summed E-state index contributed by atoms with van der Waals surface area (Å²) in [4.78, 5) is 79.9. The first kappa shape index (κ1) is 41.3. The van der Waals surface area contributed by atoms with Gasteiger partial charge in [0.25, 0.3) is 17.7 Å². The van der Waals surface area contributed by atoms with Crippen LogP contribution in [0.25, 0.3) is 0 Å². The lowest BCUT2D eigenvalue weighted by molar-refractivity contribution is -0.141. The molecule has 9 rings (SSSR count). The average molecular weight is 852 g/mol. The molecule has 0 aliphatic carbocycles. The van der Waals surface area contributed by atoms with Gasteiger partial charge < -0.3 is 19.6 Å². The molecule has 7 heterocycles. The van der Waals surface area contributed by atoms with E-state index in [1.165, 1.54) is 12.1 Å². The summed E-state index contributed by atoms with van der Waals surface area (Å²) >= 11 is 0. The van der Waals surface area contributed by atoms with E-state index in [9.17, 15) is 37.1 Å². The van der Waals surface area contributed by atoms with E-state index in [1.54, 1.807) is 18.2 Å². The maximum absolute atomic E-state index is 13.6. The summed E-state index contributed by atoms with van der Waals surface area (Å²) in [6, 6.07) is 16.4. The monoisotopic (exact) mass is 851 g/mol. The first-order valence-electron chi connectivity index (χ1n) is 21.5. The number of pyridine rings is 1. The van der Waals surface area contributed by atoms with Crippen molar-refractivity contribution in [2.75, 3.05) is 86.7 Å². The number of piperazine rings is 1. The molecule has 5 saturated heterocycles. The molecule has 5 fully saturated rings. The second-order valence-electron chi connectivity index (χ2n) is 17.6. The number of anilines is 3. The number of alkyl halides is 3. The molecule has 1 unspecified atom stereocenters. The van der Waals surface area contributed by atoms with Crippen LogP contribution in [0.1, 0.15) is 87.3 Å². The Labute approximate surface area is 357 Å². The number of hydrogen-bond donors (Lipinski definition) is 1. The number of imide groups is 2. The molecule has 3 aromatic rings. The Hall–Kier alpha value is -6.02. The van der Waals surface area contributed by atoms with Crippen LogP contribution >= 0.6 is 0 Å². The lowest BCUT2D eigenvalue weighted by atomic mass is 9.78. The van der Waals surface area contributed by atoms with Gasteiger partial charge in [0.1, 0.15) is 17.9 Å². The molecule has 62 heavy (non-hydrogen) atoms. The zero-order valence-electron chi connectivity index (χ0n) is 34.3. The van der Waals surface area contributed by atoms with Crippen molar-refractivity contribution in [3.63, 3.8) is 0 Å². The number of halogens is 3. The predicted molar refractivity (Wildman–Crippen MR) is 222 cm³/mol. The minimum Gasteiger partial charge on any atom is -0.371 e. The van der Waals surface area contributed by atoms with Gasteiger partial charge >= 0.3 is 6.18 Å². The molecule has 2 aromatic carbocycles. The van der Waals surface area contributed by atoms with E-state index in [0.717, 1.165) is 94.2 Å². The van der Waals surface area contributed by atoms with Gasteiger partial charge in [0.05, 0.1) is 16.7 Å². The Morgan fingerprint density at radius 1 is 0.774 bits per heavy atom. The number of carbonyl (C=O) groups is 5. The number of nitrogens with one attached hydrogen (secondary N) is 1. The zero-order chi connectivity index (χ0) is 43.3. The summed E-state index contributed by atoms with van der Waals surface area (Å²) in [6.07, 6.45) is -0.180. The van der Waals surface area contributed by atoms with Crippen molar-refractivity contribution in [1.29, 1.82) is 5.26 Å². The molecule has 6 aliphatic rings. The quantitative estimate of drug-likeness (QED) is 0.334. The van der Waals surface area contributed by atoms with Crippen molar-refractivity contribution in [1.82, 2.24) is 25.0 Å². The largest absolute Gasteiger partial charge is 0.434 e. The SMILES string of the molecule is N#Cc1ccc(N2CCC3(CCN(C(=O)c4ccc(N5CCN(CC6CCN(c7ccc8c(c7)C(=O)N(C7CCC(=O)NC7=O)C8=O)CC6)CC5)cc4)C3)CC2)nc1C(F)(F)F. The molecule has 0 bridgehead atoms. The number of benzene rings is 2. The Balaban J connectivity index is 0.717. The Kier molecular flexibility index (Phi) is 10.9. The summed E-state index contributed by atoms with van der Waals surface area (Å²) in [5, 5.41) is 11.4. The number of amides is 5. The standard InChI is InChI=1S/C45H48F3N9O5/c46-45(47,48)39-31(26-49)3-9-37(50-39)55-18-13-44(14-19-55)15-20-56(28-44)41(60)30-1-4-32(5-2-30)54-23-21-52(22-24-54)27-29-11-16-53(17-12-29)33-6-7-34-35(25-33)43(62)57(42(34)61)36-8-10-38(58)51-40(36)59/h1-7,9,25,29,36H,8,10-24,27-28H2,(H,51,58,59). The minimum absolute atomic E-state index is 0.00788. The summed E-state index contributed by atoms with van der Waals surface area (Å²) in [6.45, 7) is 8.61. The van der Waals surface area contributed by atoms with Gasteiger partial charge in [-0.05, 0) is 104 Å². The van der Waals surface area contributed by atoms with Crippen molar-refractivity contribution >= 4 is 46.7 Å². The fourth-order valence-corrected chi connectivity index (χ4v) is 10.2. The third-order valence-corrected chi connectivity index (χ3v) is 13.9. The van der Waals surface area contributed by atoms with Gasteiger partial charge in [-0.15, -0.1) is 0 Å². The van der Waals surface area contributed by atoms with E-state index in [0.29, 0.717) is 43.2 Å². The smallest absolute Gasteiger partial charge is 0.371 e. The summed E-state index contributed by atoms with van der Waals surface area (Å²) < 4.78 is 40.6.